The number of benzene rings is 2. The van der Waals surface area contributed by atoms with Gasteiger partial charge in [-0.2, -0.15) is 13.1 Å². The second-order valence-electron chi connectivity index (χ2n) is 8.00. The maximum atomic E-state index is 15.1. The van der Waals surface area contributed by atoms with E-state index in [4.69, 9.17) is 0 Å². The average Bonchev–Trinajstić information content (AvgIpc) is 2.86. The summed E-state index contributed by atoms with van der Waals surface area (Å²) in [4.78, 5) is 0. The van der Waals surface area contributed by atoms with Gasteiger partial charge in [0.05, 0.1) is 0 Å². The fourth-order valence-electron chi connectivity index (χ4n) is 3.30. The van der Waals surface area contributed by atoms with Crippen molar-refractivity contribution in [2.24, 2.45) is 5.41 Å². The van der Waals surface area contributed by atoms with Gasteiger partial charge >= 0.3 is 10.2 Å². The van der Waals surface area contributed by atoms with Crippen molar-refractivity contribution in [2.45, 2.75) is 40.0 Å². The summed E-state index contributed by atoms with van der Waals surface area (Å²) in [7, 11) is -3.81. The van der Waals surface area contributed by atoms with Gasteiger partial charge in [-0.15, -0.1) is 0 Å². The summed E-state index contributed by atoms with van der Waals surface area (Å²) >= 11 is 0. The Morgan fingerprint density at radius 2 is 2.00 bits per heavy atom. The van der Waals surface area contributed by atoms with Gasteiger partial charge in [0, 0.05) is 18.5 Å². The van der Waals surface area contributed by atoms with Crippen molar-refractivity contribution in [3.8, 4) is 5.75 Å². The third kappa shape index (κ3) is 3.78. The first-order valence-electron chi connectivity index (χ1n) is 8.80. The Morgan fingerprint density at radius 3 is 2.62 bits per heavy atom. The third-order valence-corrected chi connectivity index (χ3v) is 6.14. The minimum atomic E-state index is -3.81. The lowest BCUT2D eigenvalue weighted by Gasteiger charge is -2.20. The first-order valence-corrected chi connectivity index (χ1v) is 10.2. The molecule has 1 saturated heterocycles. The SMILES string of the molecule is CC(C)(C)CCCc1ccc2cc(O)c(N3CCNS3(=O)=O)c(F)c2c1. The molecule has 0 saturated carbocycles. The van der Waals surface area contributed by atoms with Crippen molar-refractivity contribution in [3.63, 3.8) is 0 Å². The van der Waals surface area contributed by atoms with Crippen LogP contribution in [0.3, 0.4) is 0 Å². The molecule has 0 unspecified atom stereocenters. The molecule has 0 radical (unpaired) electrons. The number of phenolic OH excluding ortho intramolecular Hbond substituents is 1. The monoisotopic (exact) mass is 380 g/mol. The van der Waals surface area contributed by atoms with Gasteiger partial charge in [-0.25, -0.2) is 8.70 Å². The Kier molecular flexibility index (Phi) is 4.88. The quantitative estimate of drug-likeness (QED) is 0.850. The van der Waals surface area contributed by atoms with Crippen LogP contribution in [0.4, 0.5) is 10.1 Å². The number of anilines is 1. The topological polar surface area (TPSA) is 69.6 Å². The number of hydrogen-bond acceptors (Lipinski definition) is 3. The highest BCUT2D eigenvalue weighted by Crippen LogP contribution is 2.38. The lowest BCUT2D eigenvalue weighted by Crippen LogP contribution is -2.30. The molecule has 2 aromatic rings. The zero-order valence-electron chi connectivity index (χ0n) is 15.3. The van der Waals surface area contributed by atoms with Gasteiger partial charge in [-0.05, 0) is 47.8 Å². The van der Waals surface area contributed by atoms with Crippen LogP contribution in [-0.4, -0.2) is 26.6 Å². The van der Waals surface area contributed by atoms with Gasteiger partial charge in [-0.3, -0.25) is 0 Å². The van der Waals surface area contributed by atoms with Crippen molar-refractivity contribution < 1.29 is 17.9 Å². The first kappa shape index (κ1) is 18.9. The molecule has 1 fully saturated rings. The average molecular weight is 380 g/mol. The molecule has 3 rings (SSSR count). The van der Waals surface area contributed by atoms with Crippen molar-refractivity contribution in [1.82, 2.24) is 4.72 Å². The maximum absolute atomic E-state index is 15.1. The van der Waals surface area contributed by atoms with E-state index >= 15 is 4.39 Å². The molecular weight excluding hydrogens is 355 g/mol. The van der Waals surface area contributed by atoms with Crippen molar-refractivity contribution >= 4 is 26.7 Å². The Balaban J connectivity index is 1.98. The van der Waals surface area contributed by atoms with E-state index in [2.05, 4.69) is 25.5 Å². The van der Waals surface area contributed by atoms with E-state index in [1.807, 2.05) is 6.07 Å². The summed E-state index contributed by atoms with van der Waals surface area (Å²) in [5.41, 5.74) is 0.965. The molecule has 0 spiro atoms. The lowest BCUT2D eigenvalue weighted by atomic mass is 9.89. The first-order chi connectivity index (χ1) is 12.1. The van der Waals surface area contributed by atoms with Crippen LogP contribution in [-0.2, 0) is 16.6 Å². The van der Waals surface area contributed by atoms with Gasteiger partial charge in [0.2, 0.25) is 0 Å². The molecule has 1 aliphatic rings. The summed E-state index contributed by atoms with van der Waals surface area (Å²) in [6.45, 7) is 6.83. The second kappa shape index (κ2) is 6.70. The van der Waals surface area contributed by atoms with Crippen LogP contribution < -0.4 is 9.03 Å². The van der Waals surface area contributed by atoms with Crippen LogP contribution in [0.15, 0.2) is 24.3 Å². The van der Waals surface area contributed by atoms with Crippen LogP contribution in [0.1, 0.15) is 39.2 Å². The Labute approximate surface area is 154 Å². The number of hydrogen-bond donors (Lipinski definition) is 2. The molecule has 26 heavy (non-hydrogen) atoms. The highest BCUT2D eigenvalue weighted by Gasteiger charge is 2.33. The number of nitrogens with zero attached hydrogens (tertiary/aromatic N) is 1. The number of nitrogens with one attached hydrogen (secondary N) is 1. The number of halogens is 1. The number of aryl methyl sites for hydroxylation is 1. The molecule has 0 atom stereocenters. The number of rotatable bonds is 4. The molecule has 0 aromatic heterocycles. The molecule has 2 aromatic carbocycles. The summed E-state index contributed by atoms with van der Waals surface area (Å²) in [5, 5.41) is 11.1. The minimum Gasteiger partial charge on any atom is -0.506 e. The predicted molar refractivity (Wildman–Crippen MR) is 102 cm³/mol. The van der Waals surface area contributed by atoms with Crippen LogP contribution in [0.2, 0.25) is 0 Å². The van der Waals surface area contributed by atoms with Crippen LogP contribution in [0.5, 0.6) is 5.75 Å². The minimum absolute atomic E-state index is 0.0869. The van der Waals surface area contributed by atoms with E-state index in [1.54, 1.807) is 12.1 Å². The van der Waals surface area contributed by atoms with E-state index in [0.717, 1.165) is 29.1 Å². The van der Waals surface area contributed by atoms with E-state index in [9.17, 15) is 13.5 Å². The van der Waals surface area contributed by atoms with Crippen LogP contribution in [0, 0.1) is 11.2 Å². The number of phenols is 1. The normalized spacial score (nSPS) is 17.2. The van der Waals surface area contributed by atoms with Crippen LogP contribution in [0.25, 0.3) is 10.8 Å². The zero-order valence-corrected chi connectivity index (χ0v) is 16.2. The number of aromatic hydroxyl groups is 1. The zero-order chi connectivity index (χ0) is 19.1. The van der Waals surface area contributed by atoms with Gasteiger partial charge < -0.3 is 5.11 Å². The van der Waals surface area contributed by atoms with E-state index in [1.165, 1.54) is 6.07 Å². The van der Waals surface area contributed by atoms with Crippen molar-refractivity contribution in [3.05, 3.63) is 35.6 Å². The van der Waals surface area contributed by atoms with E-state index < -0.39 is 16.0 Å². The number of fused-ring (bicyclic) bond motifs is 1. The van der Waals surface area contributed by atoms with Gasteiger partial charge in [-0.1, -0.05) is 32.9 Å². The fourth-order valence-corrected chi connectivity index (χ4v) is 4.55. The molecule has 142 valence electrons. The third-order valence-electron chi connectivity index (χ3n) is 4.63. The maximum Gasteiger partial charge on any atom is 0.301 e. The summed E-state index contributed by atoms with van der Waals surface area (Å²) < 4.78 is 42.4. The van der Waals surface area contributed by atoms with Crippen molar-refractivity contribution in [2.75, 3.05) is 17.4 Å². The summed E-state index contributed by atoms with van der Waals surface area (Å²) in [6, 6.07) is 6.87. The van der Waals surface area contributed by atoms with Gasteiger partial charge in [0.1, 0.15) is 11.4 Å². The van der Waals surface area contributed by atoms with Crippen LogP contribution >= 0.6 is 0 Å². The smallest absolute Gasteiger partial charge is 0.301 e. The molecule has 0 aliphatic carbocycles. The molecule has 7 heteroatoms. The fraction of sp³-hybridized carbons (Fsp3) is 0.474. The highest BCUT2D eigenvalue weighted by molar-refractivity contribution is 7.91. The van der Waals surface area contributed by atoms with Gasteiger partial charge in [0.25, 0.3) is 0 Å². The molecule has 2 N–H and O–H groups in total. The van der Waals surface area contributed by atoms with Crippen molar-refractivity contribution in [1.29, 1.82) is 0 Å². The van der Waals surface area contributed by atoms with E-state index in [0.29, 0.717) is 10.8 Å². The highest BCUT2D eigenvalue weighted by atomic mass is 32.2. The molecule has 0 bridgehead atoms. The lowest BCUT2D eigenvalue weighted by molar-refractivity contribution is 0.365. The Bertz CT molecular complexity index is 936. The molecule has 5 nitrogen and oxygen atoms in total. The molecule has 1 heterocycles. The molecule has 1 aliphatic heterocycles. The largest absolute Gasteiger partial charge is 0.506 e. The van der Waals surface area contributed by atoms with Gasteiger partial charge in [0.15, 0.2) is 5.82 Å². The van der Waals surface area contributed by atoms with E-state index in [-0.39, 0.29) is 29.9 Å². The molecular formula is C19H25FN2O3S. The summed E-state index contributed by atoms with van der Waals surface area (Å²) in [5.74, 6) is -1.08. The summed E-state index contributed by atoms with van der Waals surface area (Å²) in [6.07, 6.45) is 2.88. The standard InChI is InChI=1S/C19H25FN2O3S/c1-19(2,3)8-4-5-13-6-7-14-12-16(23)18(17(20)15(14)11-13)22-10-9-21-26(22,24)25/h6-7,11-12,21,23H,4-5,8-10H2,1-3H3. The second-order valence-corrected chi connectivity index (χ2v) is 9.68. The predicted octanol–water partition coefficient (Wildman–Crippen LogP) is 3.71. The Hall–Kier alpha value is -1.86. The molecule has 0 amide bonds. The Morgan fingerprint density at radius 1 is 1.27 bits per heavy atom.